The van der Waals surface area contributed by atoms with Gasteiger partial charge in [0.15, 0.2) is 0 Å². The third-order valence-corrected chi connectivity index (χ3v) is 1.80. The summed E-state index contributed by atoms with van der Waals surface area (Å²) in [4.78, 5) is 20.0. The molecule has 0 spiro atoms. The molecule has 0 amide bonds. The van der Waals surface area contributed by atoms with Gasteiger partial charge in [-0.1, -0.05) is 0 Å². The summed E-state index contributed by atoms with van der Waals surface area (Å²) in [5.74, 6) is -2.13. The van der Waals surface area contributed by atoms with Crippen LogP contribution in [0.2, 0.25) is 0 Å². The zero-order chi connectivity index (χ0) is 9.02. The number of hydrogen-bond donors (Lipinski definition) is 3. The summed E-state index contributed by atoms with van der Waals surface area (Å²) in [6.45, 7) is 0. The monoisotopic (exact) mass is 194 g/mol. The quantitative estimate of drug-likeness (QED) is 0.336. The number of hydrogen-bond acceptors (Lipinski definition) is 5. The van der Waals surface area contributed by atoms with Crippen molar-refractivity contribution in [1.82, 2.24) is 0 Å². The van der Waals surface area contributed by atoms with Gasteiger partial charge in [0.05, 0.1) is 7.11 Å². The van der Waals surface area contributed by atoms with Crippen molar-refractivity contribution in [3.05, 3.63) is 9.81 Å². The van der Waals surface area contributed by atoms with Crippen LogP contribution in [-0.4, -0.2) is 24.2 Å². The van der Waals surface area contributed by atoms with Gasteiger partial charge >= 0.3 is 11.9 Å². The number of carbonyl (C=O) groups is 2. The van der Waals surface area contributed by atoms with Gasteiger partial charge in [-0.25, -0.2) is 9.59 Å². The average molecular weight is 194 g/mol. The number of rotatable bonds is 2. The van der Waals surface area contributed by atoms with E-state index in [0.29, 0.717) is 0 Å². The molecule has 0 saturated carbocycles. The van der Waals surface area contributed by atoms with Crippen molar-refractivity contribution < 1.29 is 19.4 Å². The van der Waals surface area contributed by atoms with Gasteiger partial charge in [0, 0.05) is 0 Å². The first-order valence-electron chi connectivity index (χ1n) is 2.44. The molecule has 0 heterocycles. The SMILES string of the molecule is COC(=O)/C(S)=C(\S)C(=O)O. The Morgan fingerprint density at radius 3 is 2.00 bits per heavy atom. The Labute approximate surface area is 74.1 Å². The van der Waals surface area contributed by atoms with Gasteiger partial charge in [-0.3, -0.25) is 0 Å². The molecule has 6 heteroatoms. The molecular weight excluding hydrogens is 188 g/mol. The first kappa shape index (κ1) is 10.4. The first-order valence-corrected chi connectivity index (χ1v) is 3.34. The van der Waals surface area contributed by atoms with Crippen LogP contribution in [0.4, 0.5) is 0 Å². The number of thiol groups is 2. The molecule has 0 aliphatic heterocycles. The summed E-state index contributed by atoms with van der Waals surface area (Å²) in [6.07, 6.45) is 0. The zero-order valence-electron chi connectivity index (χ0n) is 5.57. The van der Waals surface area contributed by atoms with E-state index in [1.807, 2.05) is 0 Å². The van der Waals surface area contributed by atoms with Gasteiger partial charge in [-0.2, -0.15) is 0 Å². The van der Waals surface area contributed by atoms with Crippen molar-refractivity contribution in [1.29, 1.82) is 0 Å². The Morgan fingerprint density at radius 2 is 1.73 bits per heavy atom. The second-order valence-electron chi connectivity index (χ2n) is 1.49. The molecule has 0 aliphatic carbocycles. The smallest absolute Gasteiger partial charge is 0.345 e. The highest BCUT2D eigenvalue weighted by Gasteiger charge is 2.14. The lowest BCUT2D eigenvalue weighted by Crippen LogP contribution is -2.06. The van der Waals surface area contributed by atoms with E-state index in [2.05, 4.69) is 30.0 Å². The number of carboxylic acid groups (broad SMARTS) is 1. The summed E-state index contributed by atoms with van der Waals surface area (Å²) in [5, 5.41) is 8.31. The molecule has 0 fully saturated rings. The predicted molar refractivity (Wildman–Crippen MR) is 44.6 cm³/mol. The molecule has 11 heavy (non-hydrogen) atoms. The molecule has 0 aromatic rings. The number of carbonyl (C=O) groups excluding carboxylic acids is 1. The number of aliphatic carboxylic acids is 1. The van der Waals surface area contributed by atoms with Crippen LogP contribution < -0.4 is 0 Å². The first-order chi connectivity index (χ1) is 5.00. The minimum atomic E-state index is -1.32. The molecular formula is C5H6O4S2. The maximum absolute atomic E-state index is 10.6. The maximum atomic E-state index is 10.6. The fourth-order valence-corrected chi connectivity index (χ4v) is 0.573. The van der Waals surface area contributed by atoms with Gasteiger partial charge in [0.25, 0.3) is 0 Å². The fraction of sp³-hybridized carbons (Fsp3) is 0.200. The molecule has 4 nitrogen and oxygen atoms in total. The van der Waals surface area contributed by atoms with E-state index in [-0.39, 0.29) is 4.91 Å². The Morgan fingerprint density at radius 1 is 1.27 bits per heavy atom. The van der Waals surface area contributed by atoms with Crippen LogP contribution in [0, 0.1) is 0 Å². The van der Waals surface area contributed by atoms with E-state index >= 15 is 0 Å². The average Bonchev–Trinajstić information content (AvgIpc) is 2.00. The molecule has 0 saturated heterocycles. The minimum absolute atomic E-state index is 0.316. The standard InChI is InChI=1S/C5H6O4S2/c1-9-5(8)3(11)2(10)4(6)7/h10-11H,1H3,(H,6,7)/b3-2+. The molecule has 0 aliphatic rings. The van der Waals surface area contributed by atoms with Crippen molar-refractivity contribution in [2.45, 2.75) is 0 Å². The summed E-state index contributed by atoms with van der Waals surface area (Å²) in [7, 11) is 1.13. The molecule has 0 atom stereocenters. The van der Waals surface area contributed by atoms with Crippen LogP contribution >= 0.6 is 25.3 Å². The number of ether oxygens (including phenoxy) is 1. The molecule has 1 N–H and O–H groups in total. The highest BCUT2D eigenvalue weighted by atomic mass is 32.1. The highest BCUT2D eigenvalue weighted by Crippen LogP contribution is 2.13. The van der Waals surface area contributed by atoms with Gasteiger partial charge in [-0.05, 0) is 0 Å². The third-order valence-electron chi connectivity index (χ3n) is 0.806. The Bertz CT molecular complexity index is 221. The predicted octanol–water partition coefficient (Wildman–Crippen LogP) is 0.315. The highest BCUT2D eigenvalue weighted by molar-refractivity contribution is 7.90. The lowest BCUT2D eigenvalue weighted by Gasteiger charge is -1.98. The van der Waals surface area contributed by atoms with Gasteiger partial charge in [-0.15, -0.1) is 25.3 Å². The minimum Gasteiger partial charge on any atom is -0.477 e. The normalized spacial score (nSPS) is 11.9. The number of esters is 1. The van der Waals surface area contributed by atoms with Crippen LogP contribution in [-0.2, 0) is 14.3 Å². The zero-order valence-corrected chi connectivity index (χ0v) is 7.36. The van der Waals surface area contributed by atoms with Crippen molar-refractivity contribution in [3.63, 3.8) is 0 Å². The molecule has 0 unspecified atom stereocenters. The van der Waals surface area contributed by atoms with Crippen molar-refractivity contribution in [2.24, 2.45) is 0 Å². The molecule has 0 aromatic heterocycles. The summed E-state index contributed by atoms with van der Waals surface area (Å²) < 4.78 is 4.20. The Hall–Kier alpha value is -0.620. The summed E-state index contributed by atoms with van der Waals surface area (Å²) in [5.41, 5.74) is 0. The van der Waals surface area contributed by atoms with E-state index in [9.17, 15) is 9.59 Å². The van der Waals surface area contributed by atoms with Gasteiger partial charge in [0.1, 0.15) is 9.81 Å². The lowest BCUT2D eigenvalue weighted by atomic mass is 10.5. The molecule has 0 bridgehead atoms. The third kappa shape index (κ3) is 2.85. The van der Waals surface area contributed by atoms with Crippen LogP contribution in [0.5, 0.6) is 0 Å². The summed E-state index contributed by atoms with van der Waals surface area (Å²) in [6, 6.07) is 0. The van der Waals surface area contributed by atoms with Crippen LogP contribution in [0.1, 0.15) is 0 Å². The van der Waals surface area contributed by atoms with Crippen molar-refractivity contribution >= 4 is 37.2 Å². The van der Waals surface area contributed by atoms with Gasteiger partial charge < -0.3 is 9.84 Å². The largest absolute Gasteiger partial charge is 0.477 e. The summed E-state index contributed by atoms with van der Waals surface area (Å²) >= 11 is 7.10. The molecule has 62 valence electrons. The lowest BCUT2D eigenvalue weighted by molar-refractivity contribution is -0.136. The van der Waals surface area contributed by atoms with Crippen LogP contribution in [0.3, 0.4) is 0 Å². The molecule has 0 rings (SSSR count). The topological polar surface area (TPSA) is 63.6 Å². The van der Waals surface area contributed by atoms with Crippen molar-refractivity contribution in [3.8, 4) is 0 Å². The maximum Gasteiger partial charge on any atom is 0.345 e. The van der Waals surface area contributed by atoms with Crippen molar-refractivity contribution in [2.75, 3.05) is 7.11 Å². The van der Waals surface area contributed by atoms with Gasteiger partial charge in [0.2, 0.25) is 0 Å². The van der Waals surface area contributed by atoms with E-state index in [1.165, 1.54) is 0 Å². The Balaban J connectivity index is 4.66. The van der Waals surface area contributed by atoms with E-state index in [1.54, 1.807) is 0 Å². The van der Waals surface area contributed by atoms with E-state index in [4.69, 9.17) is 5.11 Å². The number of methoxy groups -OCH3 is 1. The van der Waals surface area contributed by atoms with Crippen LogP contribution in [0.15, 0.2) is 9.81 Å². The molecule has 0 radical (unpaired) electrons. The second-order valence-corrected chi connectivity index (χ2v) is 2.39. The number of carboxylic acids is 1. The fourth-order valence-electron chi connectivity index (χ4n) is 0.295. The van der Waals surface area contributed by atoms with Crippen LogP contribution in [0.25, 0.3) is 0 Å². The molecule has 0 aromatic carbocycles. The van der Waals surface area contributed by atoms with E-state index in [0.717, 1.165) is 7.11 Å². The van der Waals surface area contributed by atoms with E-state index < -0.39 is 16.8 Å². The Kier molecular flexibility index (Phi) is 4.06. The second kappa shape index (κ2) is 4.30.